The smallest absolute Gasteiger partial charge is 0.224 e. The molecular formula is C15H23FN2O2. The lowest BCUT2D eigenvalue weighted by atomic mass is 10.1. The largest absolute Gasteiger partial charge is 0.396 e. The van der Waals surface area contributed by atoms with E-state index in [0.717, 1.165) is 6.42 Å². The van der Waals surface area contributed by atoms with E-state index >= 15 is 0 Å². The van der Waals surface area contributed by atoms with Gasteiger partial charge in [0.25, 0.3) is 0 Å². The molecule has 0 saturated carbocycles. The van der Waals surface area contributed by atoms with Crippen LogP contribution in [0.2, 0.25) is 0 Å². The molecule has 0 unspecified atom stereocenters. The van der Waals surface area contributed by atoms with Crippen molar-refractivity contribution in [2.24, 2.45) is 0 Å². The Labute approximate surface area is 119 Å². The van der Waals surface area contributed by atoms with Crippen molar-refractivity contribution in [1.29, 1.82) is 0 Å². The van der Waals surface area contributed by atoms with Crippen LogP contribution in [-0.4, -0.2) is 18.1 Å². The SMILES string of the molecule is CCC(C)(C)OCCCC(=O)Nc1ccc(F)c(N)c1. The summed E-state index contributed by atoms with van der Waals surface area (Å²) in [4.78, 5) is 11.7. The summed E-state index contributed by atoms with van der Waals surface area (Å²) in [5, 5.41) is 2.68. The minimum atomic E-state index is -0.488. The van der Waals surface area contributed by atoms with Gasteiger partial charge >= 0.3 is 0 Å². The first-order valence-corrected chi connectivity index (χ1v) is 6.83. The number of amides is 1. The average Bonchev–Trinajstić information content (AvgIpc) is 2.39. The molecule has 0 bridgehead atoms. The molecule has 0 heterocycles. The number of halogens is 1. The van der Waals surface area contributed by atoms with Crippen molar-refractivity contribution >= 4 is 17.3 Å². The van der Waals surface area contributed by atoms with Crippen LogP contribution in [0.25, 0.3) is 0 Å². The second-order valence-corrected chi connectivity index (χ2v) is 5.35. The van der Waals surface area contributed by atoms with E-state index < -0.39 is 5.82 Å². The van der Waals surface area contributed by atoms with Gasteiger partial charge in [-0.1, -0.05) is 6.92 Å². The number of hydrogen-bond donors (Lipinski definition) is 2. The number of nitrogen functional groups attached to an aromatic ring is 1. The zero-order valence-electron chi connectivity index (χ0n) is 12.3. The highest BCUT2D eigenvalue weighted by Gasteiger charge is 2.14. The Balaban J connectivity index is 2.32. The highest BCUT2D eigenvalue weighted by Crippen LogP contribution is 2.17. The van der Waals surface area contributed by atoms with Gasteiger partial charge in [0.1, 0.15) is 5.82 Å². The minimum Gasteiger partial charge on any atom is -0.396 e. The van der Waals surface area contributed by atoms with Gasteiger partial charge in [0, 0.05) is 18.7 Å². The third-order valence-electron chi connectivity index (χ3n) is 3.17. The maximum atomic E-state index is 13.0. The molecule has 1 amide bonds. The monoisotopic (exact) mass is 282 g/mol. The predicted octanol–water partition coefficient (Wildman–Crippen LogP) is 3.33. The Morgan fingerprint density at radius 1 is 1.45 bits per heavy atom. The van der Waals surface area contributed by atoms with Gasteiger partial charge in [-0.25, -0.2) is 4.39 Å². The first-order chi connectivity index (χ1) is 9.34. The second kappa shape index (κ2) is 7.24. The van der Waals surface area contributed by atoms with E-state index in [1.807, 2.05) is 13.8 Å². The molecule has 0 aliphatic carbocycles. The Morgan fingerprint density at radius 2 is 2.15 bits per heavy atom. The average molecular weight is 282 g/mol. The first kappa shape index (κ1) is 16.4. The standard InChI is InChI=1S/C15H23FN2O2/c1-4-15(2,3)20-9-5-6-14(19)18-11-7-8-12(16)13(17)10-11/h7-8,10H,4-6,9,17H2,1-3H3,(H,18,19). The quantitative estimate of drug-likeness (QED) is 0.595. The van der Waals surface area contributed by atoms with E-state index in [-0.39, 0.29) is 17.2 Å². The number of hydrogen-bond acceptors (Lipinski definition) is 3. The van der Waals surface area contributed by atoms with Gasteiger partial charge in [-0.3, -0.25) is 4.79 Å². The molecule has 112 valence electrons. The molecule has 20 heavy (non-hydrogen) atoms. The van der Waals surface area contributed by atoms with E-state index in [1.165, 1.54) is 18.2 Å². The fourth-order valence-electron chi connectivity index (χ4n) is 1.53. The highest BCUT2D eigenvalue weighted by molar-refractivity contribution is 5.91. The lowest BCUT2D eigenvalue weighted by molar-refractivity contribution is -0.117. The fourth-order valence-corrected chi connectivity index (χ4v) is 1.53. The molecule has 0 aliphatic heterocycles. The Bertz CT molecular complexity index is 461. The van der Waals surface area contributed by atoms with Crippen LogP contribution >= 0.6 is 0 Å². The lowest BCUT2D eigenvalue weighted by Gasteiger charge is -2.23. The molecule has 0 saturated heterocycles. The predicted molar refractivity (Wildman–Crippen MR) is 79.0 cm³/mol. The maximum Gasteiger partial charge on any atom is 0.224 e. The van der Waals surface area contributed by atoms with Crippen LogP contribution in [0.3, 0.4) is 0 Å². The van der Waals surface area contributed by atoms with E-state index in [9.17, 15) is 9.18 Å². The zero-order valence-corrected chi connectivity index (χ0v) is 12.3. The van der Waals surface area contributed by atoms with Crippen LogP contribution in [0.5, 0.6) is 0 Å². The summed E-state index contributed by atoms with van der Waals surface area (Å²) >= 11 is 0. The molecule has 0 spiro atoms. The van der Waals surface area contributed by atoms with E-state index in [0.29, 0.717) is 25.1 Å². The molecule has 0 aliphatic rings. The molecule has 1 rings (SSSR count). The maximum absolute atomic E-state index is 13.0. The Hall–Kier alpha value is -1.62. The van der Waals surface area contributed by atoms with Gasteiger partial charge in [-0.05, 0) is 44.9 Å². The summed E-state index contributed by atoms with van der Waals surface area (Å²) in [5.74, 6) is -0.618. The molecule has 1 aromatic carbocycles. The van der Waals surface area contributed by atoms with Gasteiger partial charge in [0.05, 0.1) is 11.3 Å². The number of benzene rings is 1. The van der Waals surface area contributed by atoms with Crippen LogP contribution in [0.4, 0.5) is 15.8 Å². The third-order valence-corrected chi connectivity index (χ3v) is 3.17. The van der Waals surface area contributed by atoms with Gasteiger partial charge in [0.15, 0.2) is 0 Å². The zero-order chi connectivity index (χ0) is 15.2. The molecule has 0 atom stereocenters. The lowest BCUT2D eigenvalue weighted by Crippen LogP contribution is -2.24. The van der Waals surface area contributed by atoms with E-state index in [1.54, 1.807) is 0 Å². The molecule has 0 aromatic heterocycles. The van der Waals surface area contributed by atoms with Crippen LogP contribution in [0.15, 0.2) is 18.2 Å². The van der Waals surface area contributed by atoms with Crippen molar-refractivity contribution in [2.45, 2.75) is 45.6 Å². The normalized spacial score (nSPS) is 11.4. The van der Waals surface area contributed by atoms with Gasteiger partial charge < -0.3 is 15.8 Å². The van der Waals surface area contributed by atoms with E-state index in [2.05, 4.69) is 12.2 Å². The van der Waals surface area contributed by atoms with Crippen LogP contribution in [-0.2, 0) is 9.53 Å². The number of carbonyl (C=O) groups is 1. The summed E-state index contributed by atoms with van der Waals surface area (Å²) < 4.78 is 18.6. The third kappa shape index (κ3) is 5.57. The van der Waals surface area contributed by atoms with E-state index in [4.69, 9.17) is 10.5 Å². The summed E-state index contributed by atoms with van der Waals surface area (Å²) in [7, 11) is 0. The van der Waals surface area contributed by atoms with Gasteiger partial charge in [-0.2, -0.15) is 0 Å². The summed E-state index contributed by atoms with van der Waals surface area (Å²) in [6.45, 7) is 6.65. The summed E-state index contributed by atoms with van der Waals surface area (Å²) in [6, 6.07) is 4.13. The van der Waals surface area contributed by atoms with Crippen LogP contribution < -0.4 is 11.1 Å². The van der Waals surface area contributed by atoms with Crippen molar-refractivity contribution in [3.63, 3.8) is 0 Å². The first-order valence-electron chi connectivity index (χ1n) is 6.83. The van der Waals surface area contributed by atoms with Crippen molar-refractivity contribution < 1.29 is 13.9 Å². The minimum absolute atomic E-state index is 0.0239. The second-order valence-electron chi connectivity index (χ2n) is 5.35. The molecule has 4 nitrogen and oxygen atoms in total. The number of carbonyl (C=O) groups excluding carboxylic acids is 1. The summed E-state index contributed by atoms with van der Waals surface area (Å²) in [5.41, 5.74) is 5.81. The molecule has 1 aromatic rings. The number of nitrogens with two attached hydrogens (primary N) is 1. The molecule has 0 fully saturated rings. The Morgan fingerprint density at radius 3 is 2.75 bits per heavy atom. The molecule has 3 N–H and O–H groups in total. The van der Waals surface area contributed by atoms with Crippen molar-refractivity contribution in [3.8, 4) is 0 Å². The Kier molecular flexibility index (Phi) is 5.95. The number of rotatable bonds is 7. The van der Waals surface area contributed by atoms with Crippen molar-refractivity contribution in [2.75, 3.05) is 17.7 Å². The number of ether oxygens (including phenoxy) is 1. The fraction of sp³-hybridized carbons (Fsp3) is 0.533. The number of nitrogens with one attached hydrogen (secondary N) is 1. The molecule has 5 heteroatoms. The van der Waals surface area contributed by atoms with Crippen LogP contribution in [0.1, 0.15) is 40.0 Å². The highest BCUT2D eigenvalue weighted by atomic mass is 19.1. The molecule has 0 radical (unpaired) electrons. The summed E-state index contributed by atoms with van der Waals surface area (Å²) in [6.07, 6.45) is 1.93. The number of anilines is 2. The topological polar surface area (TPSA) is 64.3 Å². The molecular weight excluding hydrogens is 259 g/mol. The van der Waals surface area contributed by atoms with Crippen molar-refractivity contribution in [3.05, 3.63) is 24.0 Å². The van der Waals surface area contributed by atoms with Crippen molar-refractivity contribution in [1.82, 2.24) is 0 Å². The van der Waals surface area contributed by atoms with Crippen LogP contribution in [0, 0.1) is 5.82 Å². The van der Waals surface area contributed by atoms with Gasteiger partial charge in [-0.15, -0.1) is 0 Å². The van der Waals surface area contributed by atoms with Gasteiger partial charge in [0.2, 0.25) is 5.91 Å².